The summed E-state index contributed by atoms with van der Waals surface area (Å²) in [7, 11) is 0. The maximum absolute atomic E-state index is 13.4. The van der Waals surface area contributed by atoms with Crippen molar-refractivity contribution >= 4 is 22.8 Å². The molecule has 0 N–H and O–H groups in total. The van der Waals surface area contributed by atoms with Crippen molar-refractivity contribution in [1.29, 1.82) is 0 Å². The van der Waals surface area contributed by atoms with Crippen molar-refractivity contribution in [2.24, 2.45) is 5.92 Å². The van der Waals surface area contributed by atoms with Gasteiger partial charge in [0.1, 0.15) is 5.82 Å². The molecule has 0 radical (unpaired) electrons. The summed E-state index contributed by atoms with van der Waals surface area (Å²) in [6.07, 6.45) is 8.50. The molecule has 5 rings (SSSR count). The van der Waals surface area contributed by atoms with Crippen molar-refractivity contribution < 1.29 is 18.5 Å². The van der Waals surface area contributed by atoms with Gasteiger partial charge in [-0.05, 0) is 76.7 Å². The van der Waals surface area contributed by atoms with E-state index in [1.807, 2.05) is 6.08 Å². The van der Waals surface area contributed by atoms with Crippen molar-refractivity contribution in [3.8, 4) is 0 Å². The largest absolute Gasteiger partial charge is 0.356 e. The molecular formula is C24H28FN3O3. The Kier molecular flexibility index (Phi) is 5.61. The highest BCUT2D eigenvalue weighted by molar-refractivity contribution is 6.14. The fraction of sp³-hybridized carbons (Fsp3) is 0.542. The summed E-state index contributed by atoms with van der Waals surface area (Å²) in [5, 5.41) is 5.13. The number of rotatable bonds is 6. The fourth-order valence-corrected chi connectivity index (χ4v) is 5.29. The van der Waals surface area contributed by atoms with Gasteiger partial charge in [-0.15, -0.1) is 0 Å². The van der Waals surface area contributed by atoms with Crippen LogP contribution in [0.25, 0.3) is 11.0 Å². The van der Waals surface area contributed by atoms with E-state index in [0.29, 0.717) is 18.0 Å². The van der Waals surface area contributed by atoms with Gasteiger partial charge in [0, 0.05) is 29.5 Å². The maximum atomic E-state index is 13.4. The van der Waals surface area contributed by atoms with Gasteiger partial charge in [0.05, 0.1) is 11.6 Å². The first-order valence-corrected chi connectivity index (χ1v) is 11.4. The van der Waals surface area contributed by atoms with E-state index in [1.54, 1.807) is 6.07 Å². The molecule has 0 spiro atoms. The third kappa shape index (κ3) is 3.91. The summed E-state index contributed by atoms with van der Waals surface area (Å²) in [5.41, 5.74) is 2.19. The maximum Gasteiger partial charge on any atom is 0.256 e. The van der Waals surface area contributed by atoms with E-state index in [2.05, 4.69) is 10.1 Å². The highest BCUT2D eigenvalue weighted by atomic mass is 19.1. The van der Waals surface area contributed by atoms with Gasteiger partial charge in [0.15, 0.2) is 5.58 Å². The lowest BCUT2D eigenvalue weighted by molar-refractivity contribution is -0.139. The Morgan fingerprint density at radius 2 is 1.90 bits per heavy atom. The van der Waals surface area contributed by atoms with Crippen LogP contribution >= 0.6 is 0 Å². The Bertz CT molecular complexity index is 1020. The molecule has 3 aliphatic rings. The van der Waals surface area contributed by atoms with Crippen molar-refractivity contribution in [3.05, 3.63) is 41.4 Å². The number of fused-ring (bicyclic) bond motifs is 2. The molecule has 1 aliphatic carbocycles. The van der Waals surface area contributed by atoms with Crippen molar-refractivity contribution in [2.75, 3.05) is 26.2 Å². The molecule has 2 amide bonds. The summed E-state index contributed by atoms with van der Waals surface area (Å²) in [6, 6.07) is 4.61. The molecule has 7 heteroatoms. The molecule has 2 saturated heterocycles. The molecule has 3 heterocycles. The zero-order valence-electron chi connectivity index (χ0n) is 17.7. The fourth-order valence-electron chi connectivity index (χ4n) is 5.29. The number of imide groups is 1. The van der Waals surface area contributed by atoms with Crippen LogP contribution in [0.4, 0.5) is 4.39 Å². The average Bonchev–Trinajstić information content (AvgIpc) is 3.31. The molecule has 6 nitrogen and oxygen atoms in total. The molecular weight excluding hydrogens is 397 g/mol. The predicted octanol–water partition coefficient (Wildman–Crippen LogP) is 4.02. The minimum Gasteiger partial charge on any atom is -0.356 e. The highest BCUT2D eigenvalue weighted by Gasteiger charge is 2.43. The number of benzene rings is 1. The second kappa shape index (κ2) is 8.54. The van der Waals surface area contributed by atoms with Crippen LogP contribution in [0.3, 0.4) is 0 Å². The number of hydrogen-bond acceptors (Lipinski definition) is 5. The summed E-state index contributed by atoms with van der Waals surface area (Å²) in [6.45, 7) is 3.47. The Balaban J connectivity index is 1.08. The zero-order chi connectivity index (χ0) is 21.4. The number of nitrogens with zero attached hydrogens (tertiary/aromatic N) is 3. The van der Waals surface area contributed by atoms with Crippen LogP contribution in [-0.4, -0.2) is 52.9 Å². The molecule has 1 aromatic carbocycles. The van der Waals surface area contributed by atoms with E-state index >= 15 is 0 Å². The number of unbranched alkanes of at least 4 members (excludes halogenated alkanes) is 1. The van der Waals surface area contributed by atoms with Crippen LogP contribution < -0.4 is 0 Å². The zero-order valence-corrected chi connectivity index (χ0v) is 17.7. The van der Waals surface area contributed by atoms with Gasteiger partial charge in [0.25, 0.3) is 5.91 Å². The average molecular weight is 426 g/mol. The number of carbonyl (C=O) groups excluding carboxylic acids is 2. The molecule has 1 atom stereocenters. The minimum atomic E-state index is -0.308. The van der Waals surface area contributed by atoms with Gasteiger partial charge in [-0.25, -0.2) is 4.39 Å². The number of piperidine rings is 1. The molecule has 31 heavy (non-hydrogen) atoms. The van der Waals surface area contributed by atoms with Crippen LogP contribution in [0.2, 0.25) is 0 Å². The summed E-state index contributed by atoms with van der Waals surface area (Å²) in [5.74, 6) is -0.201. The normalized spacial score (nSPS) is 22.9. The summed E-state index contributed by atoms with van der Waals surface area (Å²) in [4.78, 5) is 28.9. The molecule has 2 fully saturated rings. The van der Waals surface area contributed by atoms with Crippen molar-refractivity contribution in [2.45, 2.75) is 50.9 Å². The van der Waals surface area contributed by atoms with Gasteiger partial charge in [-0.2, -0.15) is 0 Å². The van der Waals surface area contributed by atoms with Crippen molar-refractivity contribution in [3.63, 3.8) is 0 Å². The van der Waals surface area contributed by atoms with Gasteiger partial charge in [0.2, 0.25) is 5.91 Å². The predicted molar refractivity (Wildman–Crippen MR) is 114 cm³/mol. The lowest BCUT2D eigenvalue weighted by atomic mass is 9.90. The third-order valence-electron chi connectivity index (χ3n) is 7.04. The number of halogens is 1. The summed E-state index contributed by atoms with van der Waals surface area (Å²) < 4.78 is 18.7. The number of amides is 2. The highest BCUT2D eigenvalue weighted by Crippen LogP contribution is 2.35. The standard InChI is InChI=1S/C24H28FN3O3/c25-17-7-8-20-21(15-17)31-26-22(20)16-9-13-27(14-10-16)11-3-4-12-28-23(29)18-5-1-2-6-19(18)24(28)30/h5,7-8,15-16,19H,1-4,6,9-14H2. The monoisotopic (exact) mass is 425 g/mol. The van der Waals surface area contributed by atoms with E-state index < -0.39 is 0 Å². The van der Waals surface area contributed by atoms with Crippen LogP contribution in [0, 0.1) is 11.7 Å². The Hall–Kier alpha value is -2.54. The van der Waals surface area contributed by atoms with Gasteiger partial charge >= 0.3 is 0 Å². The number of carbonyl (C=O) groups is 2. The Morgan fingerprint density at radius 3 is 2.71 bits per heavy atom. The summed E-state index contributed by atoms with van der Waals surface area (Å²) >= 11 is 0. The van der Waals surface area contributed by atoms with Gasteiger partial charge < -0.3 is 9.42 Å². The molecule has 0 saturated carbocycles. The van der Waals surface area contributed by atoms with Gasteiger partial charge in [-0.1, -0.05) is 11.2 Å². The van der Waals surface area contributed by atoms with E-state index in [-0.39, 0.29) is 23.5 Å². The van der Waals surface area contributed by atoms with Crippen LogP contribution in [0.5, 0.6) is 0 Å². The molecule has 0 bridgehead atoms. The lowest BCUT2D eigenvalue weighted by Gasteiger charge is -2.31. The first-order valence-electron chi connectivity index (χ1n) is 11.4. The number of likely N-dealkylation sites (tertiary alicyclic amines) is 2. The topological polar surface area (TPSA) is 66.7 Å². The van der Waals surface area contributed by atoms with E-state index in [1.165, 1.54) is 17.0 Å². The number of hydrogen-bond donors (Lipinski definition) is 0. The van der Waals surface area contributed by atoms with Crippen LogP contribution in [0.1, 0.15) is 56.6 Å². The van der Waals surface area contributed by atoms with Crippen LogP contribution in [0.15, 0.2) is 34.4 Å². The first kappa shape index (κ1) is 20.4. The van der Waals surface area contributed by atoms with Crippen molar-refractivity contribution in [1.82, 2.24) is 15.0 Å². The quantitative estimate of drug-likeness (QED) is 0.517. The molecule has 1 aromatic heterocycles. The minimum absolute atomic E-state index is 0.0106. The SMILES string of the molecule is O=C1C2=CCCCC2C(=O)N1CCCCN1CCC(c2noc3cc(F)ccc23)CC1. The lowest BCUT2D eigenvalue weighted by Crippen LogP contribution is -2.35. The van der Waals surface area contributed by atoms with E-state index in [0.717, 1.165) is 81.2 Å². The van der Waals surface area contributed by atoms with E-state index in [4.69, 9.17) is 4.52 Å². The second-order valence-electron chi connectivity index (χ2n) is 8.97. The Morgan fingerprint density at radius 1 is 1.10 bits per heavy atom. The second-order valence-corrected chi connectivity index (χ2v) is 8.97. The molecule has 2 aliphatic heterocycles. The smallest absolute Gasteiger partial charge is 0.256 e. The molecule has 2 aromatic rings. The molecule has 1 unspecified atom stereocenters. The van der Waals surface area contributed by atoms with E-state index in [9.17, 15) is 14.0 Å². The Labute approximate surface area is 181 Å². The third-order valence-corrected chi connectivity index (χ3v) is 7.04. The number of allylic oxidation sites excluding steroid dienone is 1. The molecule has 164 valence electrons. The van der Waals surface area contributed by atoms with Gasteiger partial charge in [-0.3, -0.25) is 14.5 Å². The number of aromatic nitrogens is 1. The first-order chi connectivity index (χ1) is 15.1. The van der Waals surface area contributed by atoms with Crippen LogP contribution in [-0.2, 0) is 9.59 Å².